The molecule has 136 valence electrons. The normalized spacial score (nSPS) is 10.9. The summed E-state index contributed by atoms with van der Waals surface area (Å²) >= 11 is 0. The van der Waals surface area contributed by atoms with Crippen LogP contribution in [0.15, 0.2) is 51.6 Å². The number of ether oxygens (including phenoxy) is 1. The van der Waals surface area contributed by atoms with Gasteiger partial charge in [-0.2, -0.15) is 4.98 Å². The van der Waals surface area contributed by atoms with Crippen molar-refractivity contribution in [2.24, 2.45) is 0 Å². The smallest absolute Gasteiger partial charge is 0.238 e. The summed E-state index contributed by atoms with van der Waals surface area (Å²) in [6.07, 6.45) is 2.24. The molecule has 3 aromatic rings. The molecule has 1 aromatic carbocycles. The van der Waals surface area contributed by atoms with E-state index in [9.17, 15) is 4.79 Å². The van der Waals surface area contributed by atoms with Gasteiger partial charge in [-0.05, 0) is 32.0 Å². The second-order valence-electron chi connectivity index (χ2n) is 6.04. The highest BCUT2D eigenvalue weighted by molar-refractivity contribution is 5.76. The molecule has 2 heterocycles. The molecule has 26 heavy (non-hydrogen) atoms. The minimum Gasteiger partial charge on any atom is -0.491 e. The van der Waals surface area contributed by atoms with Gasteiger partial charge in [0.2, 0.25) is 17.6 Å². The second kappa shape index (κ2) is 8.33. The van der Waals surface area contributed by atoms with Gasteiger partial charge in [0.25, 0.3) is 0 Å². The zero-order valence-electron chi connectivity index (χ0n) is 14.8. The molecule has 0 saturated carbocycles. The number of rotatable bonds is 8. The Balaban J connectivity index is 1.49. The Morgan fingerprint density at radius 1 is 1.23 bits per heavy atom. The molecular formula is C19H21N3O4. The lowest BCUT2D eigenvalue weighted by molar-refractivity contribution is -0.121. The summed E-state index contributed by atoms with van der Waals surface area (Å²) in [5.74, 6) is 2.00. The van der Waals surface area contributed by atoms with E-state index >= 15 is 0 Å². The third-order valence-corrected chi connectivity index (χ3v) is 3.59. The van der Waals surface area contributed by atoms with Crippen LogP contribution in [0.4, 0.5) is 0 Å². The molecule has 7 heteroatoms. The van der Waals surface area contributed by atoms with E-state index in [0.717, 1.165) is 11.3 Å². The van der Waals surface area contributed by atoms with Crippen molar-refractivity contribution in [2.45, 2.75) is 39.3 Å². The first kappa shape index (κ1) is 17.7. The number of aromatic nitrogens is 2. The summed E-state index contributed by atoms with van der Waals surface area (Å²) in [7, 11) is 0. The average Bonchev–Trinajstić information content (AvgIpc) is 3.30. The van der Waals surface area contributed by atoms with E-state index < -0.39 is 0 Å². The number of para-hydroxylation sites is 1. The van der Waals surface area contributed by atoms with Crippen LogP contribution in [0.2, 0.25) is 0 Å². The van der Waals surface area contributed by atoms with E-state index in [0.29, 0.717) is 30.4 Å². The standard InChI is InChI=1S/C19H21N3O4/c1-13(2)25-15-7-4-3-6-14(15)12-20-17(23)9-10-18-21-19(22-26-18)16-8-5-11-24-16/h3-8,11,13H,9-10,12H2,1-2H3,(H,20,23). The molecule has 7 nitrogen and oxygen atoms in total. The van der Waals surface area contributed by atoms with Crippen molar-refractivity contribution in [3.63, 3.8) is 0 Å². The Morgan fingerprint density at radius 3 is 2.85 bits per heavy atom. The summed E-state index contributed by atoms with van der Waals surface area (Å²) in [5.41, 5.74) is 0.937. The molecule has 3 rings (SSSR count). The third-order valence-electron chi connectivity index (χ3n) is 3.59. The van der Waals surface area contributed by atoms with Gasteiger partial charge in [-0.25, -0.2) is 0 Å². The van der Waals surface area contributed by atoms with Crippen molar-refractivity contribution >= 4 is 5.91 Å². The maximum Gasteiger partial charge on any atom is 0.238 e. The van der Waals surface area contributed by atoms with Crippen LogP contribution >= 0.6 is 0 Å². The summed E-state index contributed by atoms with van der Waals surface area (Å²) in [6.45, 7) is 4.34. The van der Waals surface area contributed by atoms with E-state index in [4.69, 9.17) is 13.7 Å². The van der Waals surface area contributed by atoms with E-state index in [1.165, 1.54) is 0 Å². The maximum absolute atomic E-state index is 12.1. The second-order valence-corrected chi connectivity index (χ2v) is 6.04. The largest absolute Gasteiger partial charge is 0.491 e. The number of hydrogen-bond donors (Lipinski definition) is 1. The maximum atomic E-state index is 12.1. The molecule has 0 radical (unpaired) electrons. The van der Waals surface area contributed by atoms with Gasteiger partial charge in [0, 0.05) is 24.9 Å². The monoisotopic (exact) mass is 355 g/mol. The third kappa shape index (κ3) is 4.72. The molecule has 1 amide bonds. The minimum absolute atomic E-state index is 0.0766. The molecule has 2 aromatic heterocycles. The summed E-state index contributed by atoms with van der Waals surface area (Å²) < 4.78 is 16.1. The van der Waals surface area contributed by atoms with Crippen LogP contribution in [0.5, 0.6) is 5.75 Å². The molecule has 0 aliphatic carbocycles. The van der Waals surface area contributed by atoms with Crippen LogP contribution in [0.3, 0.4) is 0 Å². The van der Waals surface area contributed by atoms with Gasteiger partial charge in [0.15, 0.2) is 5.76 Å². The SMILES string of the molecule is CC(C)Oc1ccccc1CNC(=O)CCc1nc(-c2ccco2)no1. The number of nitrogens with zero attached hydrogens (tertiary/aromatic N) is 2. The van der Waals surface area contributed by atoms with Gasteiger partial charge in [0.1, 0.15) is 5.75 Å². The predicted octanol–water partition coefficient (Wildman–Crippen LogP) is 3.37. The van der Waals surface area contributed by atoms with Crippen LogP contribution in [-0.4, -0.2) is 22.2 Å². The molecule has 0 saturated heterocycles. The highest BCUT2D eigenvalue weighted by atomic mass is 16.5. The molecule has 0 aliphatic rings. The van der Waals surface area contributed by atoms with Crippen molar-refractivity contribution in [3.8, 4) is 17.3 Å². The average molecular weight is 355 g/mol. The molecule has 0 fully saturated rings. The number of carbonyl (C=O) groups is 1. The zero-order chi connectivity index (χ0) is 18.4. The first-order valence-electron chi connectivity index (χ1n) is 8.49. The molecule has 0 bridgehead atoms. The summed E-state index contributed by atoms with van der Waals surface area (Å²) in [4.78, 5) is 16.3. The number of nitrogens with one attached hydrogen (secondary N) is 1. The Kier molecular flexibility index (Phi) is 5.68. The highest BCUT2D eigenvalue weighted by Gasteiger charge is 2.13. The van der Waals surface area contributed by atoms with Gasteiger partial charge in [-0.1, -0.05) is 23.4 Å². The van der Waals surface area contributed by atoms with Crippen LogP contribution < -0.4 is 10.1 Å². The molecule has 0 atom stereocenters. The van der Waals surface area contributed by atoms with E-state index in [-0.39, 0.29) is 18.4 Å². The Bertz CT molecular complexity index is 840. The van der Waals surface area contributed by atoms with Crippen LogP contribution in [0, 0.1) is 0 Å². The lowest BCUT2D eigenvalue weighted by atomic mass is 10.2. The molecular weight excluding hydrogens is 334 g/mol. The quantitative estimate of drug-likeness (QED) is 0.666. The van der Waals surface area contributed by atoms with Crippen LogP contribution in [-0.2, 0) is 17.8 Å². The summed E-state index contributed by atoms with van der Waals surface area (Å²) in [6, 6.07) is 11.2. The number of amides is 1. The van der Waals surface area contributed by atoms with E-state index in [1.807, 2.05) is 38.1 Å². The fourth-order valence-corrected chi connectivity index (χ4v) is 2.38. The van der Waals surface area contributed by atoms with Gasteiger partial charge in [0.05, 0.1) is 12.4 Å². The van der Waals surface area contributed by atoms with E-state index in [1.54, 1.807) is 18.4 Å². The first-order chi connectivity index (χ1) is 12.6. The van der Waals surface area contributed by atoms with Crippen molar-refractivity contribution in [1.29, 1.82) is 0 Å². The van der Waals surface area contributed by atoms with Crippen molar-refractivity contribution in [2.75, 3.05) is 0 Å². The zero-order valence-corrected chi connectivity index (χ0v) is 14.8. The summed E-state index contributed by atoms with van der Waals surface area (Å²) in [5, 5.41) is 6.73. The van der Waals surface area contributed by atoms with Crippen molar-refractivity contribution in [3.05, 3.63) is 54.1 Å². The van der Waals surface area contributed by atoms with Crippen LogP contribution in [0.1, 0.15) is 31.7 Å². The topological polar surface area (TPSA) is 90.4 Å². The highest BCUT2D eigenvalue weighted by Crippen LogP contribution is 2.19. The van der Waals surface area contributed by atoms with Crippen molar-refractivity contribution < 1.29 is 18.5 Å². The molecule has 1 N–H and O–H groups in total. The fraction of sp³-hybridized carbons (Fsp3) is 0.316. The molecule has 0 spiro atoms. The number of hydrogen-bond acceptors (Lipinski definition) is 6. The van der Waals surface area contributed by atoms with Gasteiger partial charge in [-0.3, -0.25) is 4.79 Å². The number of aryl methyl sites for hydroxylation is 1. The molecule has 0 aliphatic heterocycles. The Morgan fingerprint density at radius 2 is 2.08 bits per heavy atom. The van der Waals surface area contributed by atoms with Gasteiger partial charge >= 0.3 is 0 Å². The molecule has 0 unspecified atom stereocenters. The van der Waals surface area contributed by atoms with E-state index in [2.05, 4.69) is 15.5 Å². The lowest BCUT2D eigenvalue weighted by Crippen LogP contribution is -2.23. The fourth-order valence-electron chi connectivity index (χ4n) is 2.38. The van der Waals surface area contributed by atoms with Crippen molar-refractivity contribution in [1.82, 2.24) is 15.5 Å². The van der Waals surface area contributed by atoms with Gasteiger partial charge in [-0.15, -0.1) is 0 Å². The Hall–Kier alpha value is -3.09. The number of carbonyl (C=O) groups excluding carboxylic acids is 1. The lowest BCUT2D eigenvalue weighted by Gasteiger charge is -2.14. The predicted molar refractivity (Wildman–Crippen MR) is 94.4 cm³/mol. The number of benzene rings is 1. The minimum atomic E-state index is -0.0953. The number of furan rings is 1. The van der Waals surface area contributed by atoms with Gasteiger partial charge < -0.3 is 19.0 Å². The Labute approximate surface area is 151 Å². The van der Waals surface area contributed by atoms with Crippen LogP contribution in [0.25, 0.3) is 11.6 Å². The first-order valence-corrected chi connectivity index (χ1v) is 8.49.